The van der Waals surface area contributed by atoms with E-state index < -0.39 is 0 Å². The smallest absolute Gasteiger partial charge is 0.111 e. The van der Waals surface area contributed by atoms with E-state index in [9.17, 15) is 0 Å². The van der Waals surface area contributed by atoms with Crippen LogP contribution in [0.3, 0.4) is 0 Å². The maximum Gasteiger partial charge on any atom is 0.111 e. The fraction of sp³-hybridized carbons (Fsp3) is 0.833. The zero-order valence-electron chi connectivity index (χ0n) is 16.4. The maximum absolute atomic E-state index is 6.25. The molecule has 4 aliphatic carbocycles. The van der Waals surface area contributed by atoms with Gasteiger partial charge in [-0.3, -0.25) is 0 Å². The molecule has 1 nitrogen and oxygen atoms in total. The van der Waals surface area contributed by atoms with Gasteiger partial charge in [0.25, 0.3) is 0 Å². The quantitative estimate of drug-likeness (QED) is 0.569. The molecule has 0 N–H and O–H groups in total. The van der Waals surface area contributed by atoms with E-state index in [-0.39, 0.29) is 0 Å². The maximum atomic E-state index is 6.25. The van der Waals surface area contributed by atoms with Crippen LogP contribution in [0.15, 0.2) is 16.5 Å². The van der Waals surface area contributed by atoms with Gasteiger partial charge in [-0.1, -0.05) is 33.6 Å². The van der Waals surface area contributed by atoms with E-state index in [1.54, 1.807) is 12.8 Å². The van der Waals surface area contributed by atoms with Crippen molar-refractivity contribution in [3.8, 4) is 0 Å². The van der Waals surface area contributed by atoms with E-state index in [2.05, 4.69) is 32.9 Å². The second kappa shape index (κ2) is 4.39. The molecule has 4 fully saturated rings. The Labute approximate surface area is 152 Å². The van der Waals surface area contributed by atoms with Gasteiger partial charge in [-0.15, -0.1) is 0 Å². The first-order chi connectivity index (χ1) is 11.9. The first-order valence-electron chi connectivity index (χ1n) is 11.0. The van der Waals surface area contributed by atoms with Crippen LogP contribution < -0.4 is 0 Å². The second-order valence-corrected chi connectivity index (χ2v) is 11.4. The van der Waals surface area contributed by atoms with Crippen molar-refractivity contribution in [1.82, 2.24) is 0 Å². The lowest BCUT2D eigenvalue weighted by molar-refractivity contribution is -0.0751. The molecule has 0 aromatic carbocycles. The first-order valence-corrected chi connectivity index (χ1v) is 11.0. The number of hydrogen-bond donors (Lipinski definition) is 0. The summed E-state index contributed by atoms with van der Waals surface area (Å²) in [7, 11) is 0. The van der Waals surface area contributed by atoms with Gasteiger partial charge < -0.3 is 4.42 Å². The predicted molar refractivity (Wildman–Crippen MR) is 100 cm³/mol. The van der Waals surface area contributed by atoms with E-state index in [4.69, 9.17) is 4.42 Å². The Morgan fingerprint density at radius 3 is 2.52 bits per heavy atom. The fourth-order valence-electron chi connectivity index (χ4n) is 9.58. The number of furan rings is 1. The summed E-state index contributed by atoms with van der Waals surface area (Å²) >= 11 is 0. The molecule has 1 aromatic rings. The number of rotatable bonds is 1. The average Bonchev–Trinajstić information content (AvgIpc) is 3.36. The molecule has 1 aliphatic heterocycles. The third-order valence-electron chi connectivity index (χ3n) is 10.6. The minimum absolute atomic E-state index is 0.344. The molecule has 6 atom stereocenters. The highest BCUT2D eigenvalue weighted by molar-refractivity contribution is 5.34. The Balaban J connectivity index is 1.49. The van der Waals surface area contributed by atoms with Gasteiger partial charge in [0.1, 0.15) is 11.5 Å². The summed E-state index contributed by atoms with van der Waals surface area (Å²) in [5, 5.41) is 0. The van der Waals surface area contributed by atoms with Crippen molar-refractivity contribution in [1.29, 1.82) is 0 Å². The van der Waals surface area contributed by atoms with Crippen LogP contribution >= 0.6 is 0 Å². The van der Waals surface area contributed by atoms with Crippen molar-refractivity contribution in [3.63, 3.8) is 0 Å². The lowest BCUT2D eigenvalue weighted by atomic mass is 9.46. The Morgan fingerprint density at radius 1 is 1.00 bits per heavy atom. The number of hydrogen-bond acceptors (Lipinski definition) is 1. The van der Waals surface area contributed by atoms with E-state index in [0.29, 0.717) is 21.7 Å². The third-order valence-corrected chi connectivity index (χ3v) is 10.6. The van der Waals surface area contributed by atoms with Crippen molar-refractivity contribution in [2.24, 2.45) is 34.0 Å². The van der Waals surface area contributed by atoms with Crippen LogP contribution in [0, 0.1) is 34.0 Å². The Hall–Kier alpha value is -0.720. The molecule has 1 aromatic heterocycles. The highest BCUT2D eigenvalue weighted by atomic mass is 16.3. The van der Waals surface area contributed by atoms with E-state index >= 15 is 0 Å². The van der Waals surface area contributed by atoms with Crippen molar-refractivity contribution in [2.45, 2.75) is 90.4 Å². The van der Waals surface area contributed by atoms with Crippen molar-refractivity contribution in [3.05, 3.63) is 23.7 Å². The van der Waals surface area contributed by atoms with Crippen molar-refractivity contribution in [2.75, 3.05) is 0 Å². The van der Waals surface area contributed by atoms with Gasteiger partial charge >= 0.3 is 0 Å². The van der Waals surface area contributed by atoms with Crippen LogP contribution in [0.1, 0.15) is 90.1 Å². The molecular weight excluding hydrogens is 304 g/mol. The zero-order chi connectivity index (χ0) is 17.1. The summed E-state index contributed by atoms with van der Waals surface area (Å²) in [6, 6.07) is 4.57. The van der Waals surface area contributed by atoms with Gasteiger partial charge in [-0.05, 0) is 91.1 Å². The molecule has 4 saturated carbocycles. The van der Waals surface area contributed by atoms with Crippen LogP contribution in [0.2, 0.25) is 0 Å². The molecule has 5 aliphatic rings. The first kappa shape index (κ1) is 15.3. The van der Waals surface area contributed by atoms with Crippen LogP contribution in [0.4, 0.5) is 0 Å². The predicted octanol–water partition coefficient (Wildman–Crippen LogP) is 6.51. The normalized spacial score (nSPS) is 52.2. The molecule has 1 heteroatoms. The van der Waals surface area contributed by atoms with Crippen LogP contribution in [0.25, 0.3) is 0 Å². The Kier molecular flexibility index (Phi) is 2.70. The third kappa shape index (κ3) is 1.52. The van der Waals surface area contributed by atoms with Crippen molar-refractivity contribution < 1.29 is 4.42 Å². The molecular formula is C24H34O. The highest BCUT2D eigenvalue weighted by Crippen LogP contribution is 2.78. The van der Waals surface area contributed by atoms with Crippen molar-refractivity contribution >= 4 is 0 Å². The van der Waals surface area contributed by atoms with Crippen LogP contribution in [-0.2, 0) is 11.8 Å². The molecule has 2 heterocycles. The Morgan fingerprint density at radius 2 is 1.88 bits per heavy atom. The molecule has 6 rings (SSSR count). The summed E-state index contributed by atoms with van der Waals surface area (Å²) in [5.74, 6) is 5.59. The molecule has 0 radical (unpaired) electrons. The summed E-state index contributed by atoms with van der Waals surface area (Å²) in [4.78, 5) is 0. The standard InChI is InChI=1S/C24H34O/c1-21(2)12-9-19(24(21)14-16-5-6-17(24)13-16)22(3)10-4-11-23(22)15-18-7-8-20(23)25-18/h7-8,16-17,19H,4-6,9-15H2,1-3H3/t16?,17?,19-,22?,23?,24?/m0/s1. The Bertz CT molecular complexity index is 728. The summed E-state index contributed by atoms with van der Waals surface area (Å²) in [5.41, 5.74) is 1.96. The summed E-state index contributed by atoms with van der Waals surface area (Å²) < 4.78 is 6.25. The van der Waals surface area contributed by atoms with Crippen LogP contribution in [0.5, 0.6) is 0 Å². The molecule has 2 spiro atoms. The van der Waals surface area contributed by atoms with Gasteiger partial charge in [0.15, 0.2) is 0 Å². The minimum atomic E-state index is 0.344. The molecule has 5 unspecified atom stereocenters. The SMILES string of the molecule is CC1(C)CC[C@@H](C2(C)CCCC23Cc2ccc3o2)C12CC1CCC2C1. The van der Waals surface area contributed by atoms with Gasteiger partial charge in [0, 0.05) is 11.8 Å². The van der Waals surface area contributed by atoms with E-state index in [1.165, 1.54) is 62.9 Å². The highest BCUT2D eigenvalue weighted by Gasteiger charge is 2.71. The van der Waals surface area contributed by atoms with Gasteiger partial charge in [0.2, 0.25) is 0 Å². The minimum Gasteiger partial charge on any atom is -0.465 e. The largest absolute Gasteiger partial charge is 0.465 e. The van der Waals surface area contributed by atoms with Gasteiger partial charge in [-0.25, -0.2) is 0 Å². The zero-order valence-corrected chi connectivity index (χ0v) is 16.4. The average molecular weight is 339 g/mol. The van der Waals surface area contributed by atoms with Gasteiger partial charge in [-0.2, -0.15) is 0 Å². The molecule has 0 amide bonds. The van der Waals surface area contributed by atoms with Crippen LogP contribution in [-0.4, -0.2) is 0 Å². The monoisotopic (exact) mass is 338 g/mol. The molecule has 25 heavy (non-hydrogen) atoms. The lowest BCUT2D eigenvalue weighted by Crippen LogP contribution is -2.53. The molecule has 0 saturated heterocycles. The summed E-state index contributed by atoms with van der Waals surface area (Å²) in [6.07, 6.45) is 14.5. The van der Waals surface area contributed by atoms with E-state index in [0.717, 1.165) is 17.8 Å². The second-order valence-electron chi connectivity index (χ2n) is 11.4. The lowest BCUT2D eigenvalue weighted by Gasteiger charge is -2.57. The van der Waals surface area contributed by atoms with Gasteiger partial charge in [0.05, 0.1) is 0 Å². The topological polar surface area (TPSA) is 13.1 Å². The number of fused-ring (bicyclic) bond motifs is 6. The fourth-order valence-corrected chi connectivity index (χ4v) is 9.58. The molecule has 4 bridgehead atoms. The summed E-state index contributed by atoms with van der Waals surface area (Å²) in [6.45, 7) is 7.97. The van der Waals surface area contributed by atoms with E-state index in [1.807, 2.05) is 0 Å². The molecule has 136 valence electrons.